The first-order valence-electron chi connectivity index (χ1n) is 5.66. The molecular weight excluding hydrogens is 297 g/mol. The molecule has 0 unspecified atom stereocenters. The lowest BCUT2D eigenvalue weighted by atomic mass is 10.1. The van der Waals surface area contributed by atoms with E-state index in [2.05, 4.69) is 21.8 Å². The molecule has 2 aromatic rings. The summed E-state index contributed by atoms with van der Waals surface area (Å²) in [4.78, 5) is 4.17. The van der Waals surface area contributed by atoms with Crippen molar-refractivity contribution in [3.05, 3.63) is 45.4 Å². The summed E-state index contributed by atoms with van der Waals surface area (Å²) < 4.78 is 0. The highest BCUT2D eigenvalue weighted by molar-refractivity contribution is 6.37. The molecule has 0 amide bonds. The van der Waals surface area contributed by atoms with Crippen molar-refractivity contribution >= 4 is 40.5 Å². The quantitative estimate of drug-likeness (QED) is 0.596. The molecule has 5 nitrogen and oxygen atoms in total. The molecule has 0 aliphatic rings. The van der Waals surface area contributed by atoms with Crippen molar-refractivity contribution in [1.29, 1.82) is 5.26 Å². The third-order valence-electron chi connectivity index (χ3n) is 2.70. The van der Waals surface area contributed by atoms with Crippen LogP contribution in [0, 0.1) is 18.3 Å². The molecular formula is C13H11Cl2N5. The van der Waals surface area contributed by atoms with Crippen molar-refractivity contribution in [1.82, 2.24) is 4.98 Å². The molecule has 0 aliphatic carbocycles. The van der Waals surface area contributed by atoms with Gasteiger partial charge in [-0.3, -0.25) is 0 Å². The van der Waals surface area contributed by atoms with Gasteiger partial charge in [-0.1, -0.05) is 35.3 Å². The Balaban J connectivity index is 2.46. The minimum Gasteiger partial charge on any atom is -0.338 e. The molecule has 1 aromatic heterocycles. The molecule has 102 valence electrons. The Hall–Kier alpha value is -2.00. The van der Waals surface area contributed by atoms with Crippen molar-refractivity contribution in [3.63, 3.8) is 0 Å². The number of hydrazine groups is 1. The van der Waals surface area contributed by atoms with Crippen LogP contribution in [-0.4, -0.2) is 4.98 Å². The Labute approximate surface area is 126 Å². The highest BCUT2D eigenvalue weighted by Gasteiger charge is 2.11. The van der Waals surface area contributed by atoms with Crippen LogP contribution in [0.4, 0.5) is 17.3 Å². The number of nitrogens with zero attached hydrogens (tertiary/aromatic N) is 2. The smallest absolute Gasteiger partial charge is 0.161 e. The predicted octanol–water partition coefficient (Wildman–Crippen LogP) is 3.60. The molecule has 7 heteroatoms. The van der Waals surface area contributed by atoms with Crippen LogP contribution in [0.3, 0.4) is 0 Å². The van der Waals surface area contributed by atoms with Gasteiger partial charge in [-0.05, 0) is 24.6 Å². The normalized spacial score (nSPS) is 9.95. The topological polar surface area (TPSA) is 86.8 Å². The largest absolute Gasteiger partial charge is 0.338 e. The molecule has 1 aromatic carbocycles. The summed E-state index contributed by atoms with van der Waals surface area (Å²) in [5.74, 6) is 5.99. The molecule has 0 radical (unpaired) electrons. The first kappa shape index (κ1) is 14.4. The Morgan fingerprint density at radius 3 is 2.60 bits per heavy atom. The summed E-state index contributed by atoms with van der Waals surface area (Å²) in [6.45, 7) is 1.85. The number of nitrogen functional groups attached to an aromatic ring is 1. The van der Waals surface area contributed by atoms with E-state index >= 15 is 0 Å². The molecule has 1 heterocycles. The third kappa shape index (κ3) is 2.78. The Morgan fingerprint density at radius 1 is 1.25 bits per heavy atom. The van der Waals surface area contributed by atoms with Crippen LogP contribution < -0.4 is 16.6 Å². The highest BCUT2D eigenvalue weighted by atomic mass is 35.5. The highest BCUT2D eigenvalue weighted by Crippen LogP contribution is 2.31. The summed E-state index contributed by atoms with van der Waals surface area (Å²) >= 11 is 12.0. The molecule has 0 bridgehead atoms. The molecule has 0 spiro atoms. The standard InChI is InChI=1S/C13H11Cl2N5/c1-7-3-2-4-11(8(7)6-16)18-12-9(14)5-10(15)13(19-12)20-17/h2-5H,17H2,1H3,(H2,18,19,20). The van der Waals surface area contributed by atoms with Gasteiger partial charge < -0.3 is 10.7 Å². The van der Waals surface area contributed by atoms with Gasteiger partial charge in [-0.25, -0.2) is 10.8 Å². The fourth-order valence-electron chi connectivity index (χ4n) is 1.70. The zero-order chi connectivity index (χ0) is 14.7. The number of pyridine rings is 1. The lowest BCUT2D eigenvalue weighted by Crippen LogP contribution is -2.10. The number of nitriles is 1. The van der Waals surface area contributed by atoms with Crippen LogP contribution >= 0.6 is 23.2 Å². The molecule has 0 atom stereocenters. The van der Waals surface area contributed by atoms with E-state index in [4.69, 9.17) is 29.0 Å². The van der Waals surface area contributed by atoms with Crippen LogP contribution in [0.1, 0.15) is 11.1 Å². The average Bonchev–Trinajstić information content (AvgIpc) is 2.42. The fraction of sp³-hybridized carbons (Fsp3) is 0.0769. The minimum atomic E-state index is 0.296. The van der Waals surface area contributed by atoms with Gasteiger partial charge in [0.05, 0.1) is 21.3 Å². The summed E-state index contributed by atoms with van der Waals surface area (Å²) in [5, 5.41) is 12.9. The van der Waals surface area contributed by atoms with E-state index in [1.807, 2.05) is 19.1 Å². The molecule has 0 saturated heterocycles. The monoisotopic (exact) mass is 307 g/mol. The second-order valence-corrected chi connectivity index (χ2v) is 4.84. The van der Waals surface area contributed by atoms with E-state index < -0.39 is 0 Å². The summed E-state index contributed by atoms with van der Waals surface area (Å²) in [7, 11) is 0. The zero-order valence-corrected chi connectivity index (χ0v) is 12.0. The van der Waals surface area contributed by atoms with Crippen LogP contribution in [-0.2, 0) is 0 Å². The maximum absolute atomic E-state index is 9.19. The second-order valence-electron chi connectivity index (χ2n) is 4.03. The summed E-state index contributed by atoms with van der Waals surface area (Å²) in [6.07, 6.45) is 0. The first-order valence-corrected chi connectivity index (χ1v) is 6.41. The van der Waals surface area contributed by atoms with Gasteiger partial charge in [0.25, 0.3) is 0 Å². The minimum absolute atomic E-state index is 0.296. The van der Waals surface area contributed by atoms with Crippen molar-refractivity contribution in [2.75, 3.05) is 10.7 Å². The number of nitrogens with two attached hydrogens (primary N) is 1. The van der Waals surface area contributed by atoms with Crippen LogP contribution in [0.5, 0.6) is 0 Å². The molecule has 2 rings (SSSR count). The number of rotatable bonds is 3. The number of halogens is 2. The van der Waals surface area contributed by atoms with Gasteiger partial charge in [-0.2, -0.15) is 5.26 Å². The number of benzene rings is 1. The molecule has 0 fully saturated rings. The van der Waals surface area contributed by atoms with E-state index in [9.17, 15) is 5.26 Å². The van der Waals surface area contributed by atoms with Gasteiger partial charge in [-0.15, -0.1) is 0 Å². The van der Waals surface area contributed by atoms with Crippen LogP contribution in [0.15, 0.2) is 24.3 Å². The second kappa shape index (κ2) is 5.97. The van der Waals surface area contributed by atoms with E-state index in [0.717, 1.165) is 5.56 Å². The van der Waals surface area contributed by atoms with Gasteiger partial charge >= 0.3 is 0 Å². The van der Waals surface area contributed by atoms with E-state index in [0.29, 0.717) is 32.9 Å². The van der Waals surface area contributed by atoms with Crippen LogP contribution in [0.25, 0.3) is 0 Å². The van der Waals surface area contributed by atoms with Gasteiger partial charge in [0.1, 0.15) is 6.07 Å². The lowest BCUT2D eigenvalue weighted by Gasteiger charge is -2.12. The maximum atomic E-state index is 9.19. The van der Waals surface area contributed by atoms with E-state index in [1.54, 1.807) is 6.07 Å². The van der Waals surface area contributed by atoms with Crippen molar-refractivity contribution in [2.24, 2.45) is 5.84 Å². The average molecular weight is 308 g/mol. The van der Waals surface area contributed by atoms with Crippen LogP contribution in [0.2, 0.25) is 10.0 Å². The number of hydrogen-bond acceptors (Lipinski definition) is 5. The summed E-state index contributed by atoms with van der Waals surface area (Å²) in [6, 6.07) is 9.13. The van der Waals surface area contributed by atoms with Gasteiger partial charge in [0.2, 0.25) is 0 Å². The predicted molar refractivity (Wildman–Crippen MR) is 81.2 cm³/mol. The maximum Gasteiger partial charge on any atom is 0.161 e. The molecule has 0 aliphatic heterocycles. The number of nitrogens with one attached hydrogen (secondary N) is 2. The van der Waals surface area contributed by atoms with E-state index in [-0.39, 0.29) is 0 Å². The van der Waals surface area contributed by atoms with Crippen molar-refractivity contribution in [3.8, 4) is 6.07 Å². The van der Waals surface area contributed by atoms with Gasteiger partial charge in [0.15, 0.2) is 11.6 Å². The summed E-state index contributed by atoms with van der Waals surface area (Å²) in [5.41, 5.74) is 4.39. The zero-order valence-electron chi connectivity index (χ0n) is 10.5. The molecule has 20 heavy (non-hydrogen) atoms. The van der Waals surface area contributed by atoms with Crippen molar-refractivity contribution in [2.45, 2.75) is 6.92 Å². The molecule has 4 N–H and O–H groups in total. The number of anilines is 3. The van der Waals surface area contributed by atoms with Crippen molar-refractivity contribution < 1.29 is 0 Å². The number of aryl methyl sites for hydroxylation is 1. The Morgan fingerprint density at radius 2 is 1.95 bits per heavy atom. The number of hydrogen-bond donors (Lipinski definition) is 3. The Kier molecular flexibility index (Phi) is 4.30. The first-order chi connectivity index (χ1) is 9.56. The lowest BCUT2D eigenvalue weighted by molar-refractivity contribution is 1.22. The SMILES string of the molecule is Cc1cccc(Nc2nc(NN)c(Cl)cc2Cl)c1C#N. The molecule has 0 saturated carbocycles. The van der Waals surface area contributed by atoms with Gasteiger partial charge in [0, 0.05) is 0 Å². The Bertz CT molecular complexity index is 694. The third-order valence-corrected chi connectivity index (χ3v) is 3.28. The fourth-order valence-corrected chi connectivity index (χ4v) is 2.16. The van der Waals surface area contributed by atoms with E-state index in [1.165, 1.54) is 6.07 Å². The number of aromatic nitrogens is 1.